The first-order chi connectivity index (χ1) is 8.87. The average Bonchev–Trinajstić information content (AvgIpc) is 2.30. The zero-order valence-electron chi connectivity index (χ0n) is 11.1. The van der Waals surface area contributed by atoms with Gasteiger partial charge < -0.3 is 15.4 Å². The SMILES string of the molecule is CCCN(CC(F)(F)F)c1ccc(N)c(OCC)c1. The Labute approximate surface area is 111 Å². The number of nitrogens with zero attached hydrogens (tertiary/aromatic N) is 1. The normalized spacial score (nSPS) is 11.4. The minimum absolute atomic E-state index is 0.328. The predicted molar refractivity (Wildman–Crippen MR) is 70.6 cm³/mol. The van der Waals surface area contributed by atoms with E-state index in [0.717, 1.165) is 0 Å². The van der Waals surface area contributed by atoms with E-state index >= 15 is 0 Å². The fraction of sp³-hybridized carbons (Fsp3) is 0.538. The predicted octanol–water partition coefficient (Wildman–Crippen LogP) is 3.45. The van der Waals surface area contributed by atoms with Crippen molar-refractivity contribution in [1.82, 2.24) is 0 Å². The molecule has 0 fully saturated rings. The van der Waals surface area contributed by atoms with Gasteiger partial charge in [0.15, 0.2) is 0 Å². The molecule has 0 radical (unpaired) electrons. The van der Waals surface area contributed by atoms with Crippen LogP contribution in [0.25, 0.3) is 0 Å². The molecule has 2 N–H and O–H groups in total. The number of halogens is 3. The number of benzene rings is 1. The van der Waals surface area contributed by atoms with Crippen molar-refractivity contribution in [1.29, 1.82) is 0 Å². The third-order valence-electron chi connectivity index (χ3n) is 2.53. The van der Waals surface area contributed by atoms with Crippen molar-refractivity contribution in [3.8, 4) is 5.75 Å². The van der Waals surface area contributed by atoms with E-state index in [1.807, 2.05) is 6.92 Å². The number of nitrogens with two attached hydrogens (primary N) is 1. The van der Waals surface area contributed by atoms with Crippen LogP contribution < -0.4 is 15.4 Å². The van der Waals surface area contributed by atoms with Crippen LogP contribution in [0.4, 0.5) is 24.5 Å². The first-order valence-corrected chi connectivity index (χ1v) is 6.21. The lowest BCUT2D eigenvalue weighted by molar-refractivity contribution is -0.119. The first kappa shape index (κ1) is 15.5. The quantitative estimate of drug-likeness (QED) is 0.809. The van der Waals surface area contributed by atoms with Gasteiger partial charge in [-0.1, -0.05) is 6.92 Å². The molecule has 1 rings (SSSR count). The third kappa shape index (κ3) is 4.89. The second-order valence-electron chi connectivity index (χ2n) is 4.19. The van der Waals surface area contributed by atoms with Crippen LogP contribution >= 0.6 is 0 Å². The number of hydrogen-bond donors (Lipinski definition) is 1. The maximum atomic E-state index is 12.5. The molecule has 6 heteroatoms. The highest BCUT2D eigenvalue weighted by atomic mass is 19.4. The van der Waals surface area contributed by atoms with Crippen molar-refractivity contribution in [3.05, 3.63) is 18.2 Å². The molecule has 0 amide bonds. The van der Waals surface area contributed by atoms with Gasteiger partial charge in [-0.15, -0.1) is 0 Å². The largest absolute Gasteiger partial charge is 0.492 e. The van der Waals surface area contributed by atoms with Gasteiger partial charge in [-0.2, -0.15) is 13.2 Å². The fourth-order valence-corrected chi connectivity index (χ4v) is 1.79. The molecule has 0 aromatic heterocycles. The molecule has 1 aromatic rings. The van der Waals surface area contributed by atoms with Gasteiger partial charge in [-0.05, 0) is 25.5 Å². The van der Waals surface area contributed by atoms with E-state index in [2.05, 4.69) is 0 Å². The Morgan fingerprint density at radius 2 is 1.95 bits per heavy atom. The molecular weight excluding hydrogens is 257 g/mol. The van der Waals surface area contributed by atoms with Crippen molar-refractivity contribution in [2.75, 3.05) is 30.3 Å². The molecule has 0 spiro atoms. The van der Waals surface area contributed by atoms with Crippen LogP contribution in [0.15, 0.2) is 18.2 Å². The first-order valence-electron chi connectivity index (χ1n) is 6.21. The summed E-state index contributed by atoms with van der Waals surface area (Å²) >= 11 is 0. The zero-order valence-corrected chi connectivity index (χ0v) is 11.1. The van der Waals surface area contributed by atoms with Gasteiger partial charge >= 0.3 is 6.18 Å². The molecule has 0 bridgehead atoms. The van der Waals surface area contributed by atoms with Gasteiger partial charge in [0.2, 0.25) is 0 Å². The van der Waals surface area contributed by atoms with Crippen LogP contribution in [0.2, 0.25) is 0 Å². The van der Waals surface area contributed by atoms with Crippen LogP contribution in [0.1, 0.15) is 20.3 Å². The van der Waals surface area contributed by atoms with Crippen molar-refractivity contribution >= 4 is 11.4 Å². The molecule has 0 heterocycles. The Balaban J connectivity index is 2.98. The smallest absolute Gasteiger partial charge is 0.405 e. The highest BCUT2D eigenvalue weighted by molar-refractivity contribution is 5.62. The fourth-order valence-electron chi connectivity index (χ4n) is 1.79. The molecule has 0 saturated heterocycles. The van der Waals surface area contributed by atoms with Gasteiger partial charge in [0.1, 0.15) is 12.3 Å². The van der Waals surface area contributed by atoms with Crippen molar-refractivity contribution < 1.29 is 17.9 Å². The number of ether oxygens (including phenoxy) is 1. The molecule has 0 saturated carbocycles. The lowest BCUT2D eigenvalue weighted by atomic mass is 10.2. The number of hydrogen-bond acceptors (Lipinski definition) is 3. The number of alkyl halides is 3. The molecule has 108 valence electrons. The van der Waals surface area contributed by atoms with E-state index in [0.29, 0.717) is 36.7 Å². The van der Waals surface area contributed by atoms with Crippen LogP contribution in [0, 0.1) is 0 Å². The Hall–Kier alpha value is -1.59. The van der Waals surface area contributed by atoms with Crippen LogP contribution in [-0.2, 0) is 0 Å². The lowest BCUT2D eigenvalue weighted by Gasteiger charge is -2.26. The van der Waals surface area contributed by atoms with Crippen molar-refractivity contribution in [3.63, 3.8) is 0 Å². The zero-order chi connectivity index (χ0) is 14.5. The lowest BCUT2D eigenvalue weighted by Crippen LogP contribution is -2.34. The average molecular weight is 276 g/mol. The second kappa shape index (κ2) is 6.54. The van der Waals surface area contributed by atoms with E-state index in [-0.39, 0.29) is 0 Å². The standard InChI is InChI=1S/C13H19F3N2O/c1-3-7-18(9-13(14,15)16)10-5-6-11(17)12(8-10)19-4-2/h5-6,8H,3-4,7,9,17H2,1-2H3. The van der Waals surface area contributed by atoms with Gasteiger partial charge in [0, 0.05) is 18.3 Å². The second-order valence-corrected chi connectivity index (χ2v) is 4.19. The summed E-state index contributed by atoms with van der Waals surface area (Å²) in [5.41, 5.74) is 6.61. The summed E-state index contributed by atoms with van der Waals surface area (Å²) in [6.45, 7) is 3.40. The Morgan fingerprint density at radius 3 is 2.47 bits per heavy atom. The molecule has 19 heavy (non-hydrogen) atoms. The van der Waals surface area contributed by atoms with Gasteiger partial charge in [-0.25, -0.2) is 0 Å². The van der Waals surface area contributed by atoms with E-state index in [1.165, 1.54) is 4.90 Å². The Morgan fingerprint density at radius 1 is 1.26 bits per heavy atom. The van der Waals surface area contributed by atoms with E-state index in [9.17, 15) is 13.2 Å². The summed E-state index contributed by atoms with van der Waals surface area (Å²) in [7, 11) is 0. The summed E-state index contributed by atoms with van der Waals surface area (Å²) in [4.78, 5) is 1.28. The van der Waals surface area contributed by atoms with Crippen molar-refractivity contribution in [2.45, 2.75) is 26.4 Å². The maximum absolute atomic E-state index is 12.5. The van der Waals surface area contributed by atoms with E-state index < -0.39 is 12.7 Å². The van der Waals surface area contributed by atoms with Crippen LogP contribution in [0.5, 0.6) is 5.75 Å². The highest BCUT2D eigenvalue weighted by Crippen LogP contribution is 2.29. The van der Waals surface area contributed by atoms with Gasteiger partial charge in [0.05, 0.1) is 12.3 Å². The summed E-state index contributed by atoms with van der Waals surface area (Å²) in [5.74, 6) is 0.420. The number of nitrogen functional groups attached to an aromatic ring is 1. The van der Waals surface area contributed by atoms with E-state index in [1.54, 1.807) is 25.1 Å². The van der Waals surface area contributed by atoms with Gasteiger partial charge in [0.25, 0.3) is 0 Å². The van der Waals surface area contributed by atoms with Crippen molar-refractivity contribution in [2.24, 2.45) is 0 Å². The Kier molecular flexibility index (Phi) is 5.32. The summed E-state index contributed by atoms with van der Waals surface area (Å²) < 4.78 is 42.9. The monoisotopic (exact) mass is 276 g/mol. The Bertz CT molecular complexity index is 407. The molecule has 0 unspecified atom stereocenters. The molecule has 3 nitrogen and oxygen atoms in total. The third-order valence-corrected chi connectivity index (χ3v) is 2.53. The number of rotatable bonds is 6. The molecule has 0 aliphatic carbocycles. The topological polar surface area (TPSA) is 38.5 Å². The summed E-state index contributed by atoms with van der Waals surface area (Å²) in [5, 5.41) is 0. The molecule has 1 aromatic carbocycles. The minimum Gasteiger partial charge on any atom is -0.492 e. The van der Waals surface area contributed by atoms with Gasteiger partial charge in [-0.3, -0.25) is 0 Å². The molecule has 0 atom stereocenters. The highest BCUT2D eigenvalue weighted by Gasteiger charge is 2.30. The minimum atomic E-state index is -4.23. The van der Waals surface area contributed by atoms with E-state index in [4.69, 9.17) is 10.5 Å². The summed E-state index contributed by atoms with van der Waals surface area (Å²) in [6.07, 6.45) is -3.60. The molecule has 0 aliphatic heterocycles. The molecule has 0 aliphatic rings. The maximum Gasteiger partial charge on any atom is 0.405 e. The van der Waals surface area contributed by atoms with Crippen LogP contribution in [-0.4, -0.2) is 25.9 Å². The van der Waals surface area contributed by atoms with Crippen LogP contribution in [0.3, 0.4) is 0 Å². The summed E-state index contributed by atoms with van der Waals surface area (Å²) in [6, 6.07) is 4.71. The molecular formula is C13H19F3N2O. The number of anilines is 2.